The van der Waals surface area contributed by atoms with Gasteiger partial charge in [0.2, 0.25) is 0 Å². The van der Waals surface area contributed by atoms with E-state index >= 15 is 0 Å². The van der Waals surface area contributed by atoms with E-state index in [1.807, 2.05) is 24.3 Å². The predicted octanol–water partition coefficient (Wildman–Crippen LogP) is 2.43. The zero-order valence-corrected chi connectivity index (χ0v) is 12.3. The molecule has 19 heavy (non-hydrogen) atoms. The van der Waals surface area contributed by atoms with Crippen LogP contribution >= 0.6 is 12.2 Å². The zero-order chi connectivity index (χ0) is 13.7. The van der Waals surface area contributed by atoms with Gasteiger partial charge in [-0.3, -0.25) is 0 Å². The molecule has 2 N–H and O–H groups in total. The molecule has 1 aliphatic rings. The summed E-state index contributed by atoms with van der Waals surface area (Å²) >= 11 is 4.96. The van der Waals surface area contributed by atoms with E-state index in [4.69, 9.17) is 22.7 Å². The Bertz CT molecular complexity index is 432. The first-order valence-corrected chi connectivity index (χ1v) is 7.27. The summed E-state index contributed by atoms with van der Waals surface area (Å²) in [6.07, 6.45) is 4.18. The fraction of sp³-hybridized carbons (Fsp3) is 0.533. The first-order valence-electron chi connectivity index (χ1n) is 6.86. The number of hydrogen-bond donors (Lipinski definition) is 1. The maximum atomic E-state index is 5.74. The number of nitrogens with zero attached hydrogens (tertiary/aromatic N) is 1. The van der Waals surface area contributed by atoms with E-state index in [1.165, 1.54) is 25.8 Å². The Morgan fingerprint density at radius 3 is 2.89 bits per heavy atom. The van der Waals surface area contributed by atoms with Gasteiger partial charge in [0.05, 0.1) is 0 Å². The summed E-state index contributed by atoms with van der Waals surface area (Å²) in [7, 11) is 2.16. The van der Waals surface area contributed by atoms with Crippen molar-refractivity contribution in [3.8, 4) is 5.75 Å². The standard InChI is InChI=1S/C15H22N2OS/c1-17(11-12-4-2-5-12)8-9-18-14-7-3-6-13(10-14)15(16)19/h3,6-7,10,12H,2,4-5,8-9,11H2,1H3,(H2,16,19). The molecule has 0 aliphatic heterocycles. The number of ether oxygens (including phenoxy) is 1. The van der Waals surface area contributed by atoms with Crippen LogP contribution < -0.4 is 10.5 Å². The minimum Gasteiger partial charge on any atom is -0.492 e. The van der Waals surface area contributed by atoms with E-state index in [0.717, 1.165) is 23.8 Å². The molecule has 1 aliphatic carbocycles. The van der Waals surface area contributed by atoms with E-state index in [2.05, 4.69) is 11.9 Å². The maximum Gasteiger partial charge on any atom is 0.120 e. The predicted molar refractivity (Wildman–Crippen MR) is 82.7 cm³/mol. The molecule has 0 radical (unpaired) electrons. The van der Waals surface area contributed by atoms with Crippen LogP contribution in [0, 0.1) is 5.92 Å². The molecule has 1 aromatic rings. The maximum absolute atomic E-state index is 5.74. The van der Waals surface area contributed by atoms with Gasteiger partial charge in [-0.1, -0.05) is 30.8 Å². The first-order chi connectivity index (χ1) is 9.15. The molecule has 0 bridgehead atoms. The SMILES string of the molecule is CN(CCOc1cccc(C(N)=S)c1)CC1CCC1. The van der Waals surface area contributed by atoms with Crippen molar-refractivity contribution >= 4 is 17.2 Å². The van der Waals surface area contributed by atoms with Crippen molar-refractivity contribution in [1.29, 1.82) is 0 Å². The highest BCUT2D eigenvalue weighted by atomic mass is 32.1. The molecule has 1 fully saturated rings. The van der Waals surface area contributed by atoms with Gasteiger partial charge in [-0.05, 0) is 37.9 Å². The molecule has 0 atom stereocenters. The number of hydrogen-bond acceptors (Lipinski definition) is 3. The van der Waals surface area contributed by atoms with Crippen LogP contribution in [-0.2, 0) is 0 Å². The Kier molecular flexibility index (Phi) is 5.16. The smallest absolute Gasteiger partial charge is 0.120 e. The van der Waals surface area contributed by atoms with Gasteiger partial charge in [-0.15, -0.1) is 0 Å². The van der Waals surface area contributed by atoms with Crippen molar-refractivity contribution in [3.63, 3.8) is 0 Å². The van der Waals surface area contributed by atoms with Crippen LogP contribution in [0.25, 0.3) is 0 Å². The third kappa shape index (κ3) is 4.48. The Hall–Kier alpha value is -1.13. The molecule has 2 rings (SSSR count). The van der Waals surface area contributed by atoms with Gasteiger partial charge in [0, 0.05) is 18.7 Å². The lowest BCUT2D eigenvalue weighted by molar-refractivity contribution is 0.177. The molecular formula is C15H22N2OS. The van der Waals surface area contributed by atoms with E-state index < -0.39 is 0 Å². The topological polar surface area (TPSA) is 38.5 Å². The molecule has 0 spiro atoms. The molecule has 0 saturated heterocycles. The summed E-state index contributed by atoms with van der Waals surface area (Å²) in [6, 6.07) is 7.65. The van der Waals surface area contributed by atoms with Gasteiger partial charge in [-0.25, -0.2) is 0 Å². The number of benzene rings is 1. The lowest BCUT2D eigenvalue weighted by atomic mass is 9.85. The van der Waals surface area contributed by atoms with Crippen LogP contribution in [0.1, 0.15) is 24.8 Å². The number of thiocarbonyl (C=S) groups is 1. The van der Waals surface area contributed by atoms with Crippen molar-refractivity contribution in [2.24, 2.45) is 11.7 Å². The van der Waals surface area contributed by atoms with Gasteiger partial charge >= 0.3 is 0 Å². The van der Waals surface area contributed by atoms with E-state index in [9.17, 15) is 0 Å². The van der Waals surface area contributed by atoms with Crippen molar-refractivity contribution in [1.82, 2.24) is 4.90 Å². The number of nitrogens with two attached hydrogens (primary N) is 1. The summed E-state index contributed by atoms with van der Waals surface area (Å²) in [4.78, 5) is 2.76. The summed E-state index contributed by atoms with van der Waals surface area (Å²) in [5.41, 5.74) is 6.46. The summed E-state index contributed by atoms with van der Waals surface area (Å²) < 4.78 is 5.74. The second-order valence-electron chi connectivity index (χ2n) is 5.30. The number of rotatable bonds is 7. The third-order valence-corrected chi connectivity index (χ3v) is 3.89. The lowest BCUT2D eigenvalue weighted by Crippen LogP contribution is -2.32. The van der Waals surface area contributed by atoms with Crippen LogP contribution in [-0.4, -0.2) is 36.6 Å². The average molecular weight is 278 g/mol. The van der Waals surface area contributed by atoms with Crippen molar-refractivity contribution in [3.05, 3.63) is 29.8 Å². The van der Waals surface area contributed by atoms with Crippen LogP contribution in [0.2, 0.25) is 0 Å². The molecular weight excluding hydrogens is 256 g/mol. The van der Waals surface area contributed by atoms with Gasteiger partial charge in [-0.2, -0.15) is 0 Å². The van der Waals surface area contributed by atoms with Crippen molar-refractivity contribution in [2.45, 2.75) is 19.3 Å². The zero-order valence-electron chi connectivity index (χ0n) is 11.5. The van der Waals surface area contributed by atoms with Gasteiger partial charge in [0.25, 0.3) is 0 Å². The molecule has 104 valence electrons. The van der Waals surface area contributed by atoms with E-state index in [-0.39, 0.29) is 0 Å². The third-order valence-electron chi connectivity index (χ3n) is 3.65. The van der Waals surface area contributed by atoms with Gasteiger partial charge in [0.15, 0.2) is 0 Å². The van der Waals surface area contributed by atoms with Crippen molar-refractivity contribution < 1.29 is 4.74 Å². The normalized spacial score (nSPS) is 15.3. The second kappa shape index (κ2) is 6.87. The molecule has 0 heterocycles. The fourth-order valence-corrected chi connectivity index (χ4v) is 2.39. The molecule has 1 aromatic carbocycles. The second-order valence-corrected chi connectivity index (χ2v) is 5.74. The molecule has 0 amide bonds. The first kappa shape index (κ1) is 14.3. The highest BCUT2D eigenvalue weighted by Crippen LogP contribution is 2.26. The Morgan fingerprint density at radius 2 is 2.26 bits per heavy atom. The van der Waals surface area contributed by atoms with Crippen molar-refractivity contribution in [2.75, 3.05) is 26.7 Å². The van der Waals surface area contributed by atoms with E-state index in [1.54, 1.807) is 0 Å². The van der Waals surface area contributed by atoms with Gasteiger partial charge < -0.3 is 15.4 Å². The van der Waals surface area contributed by atoms with Crippen LogP contribution in [0.15, 0.2) is 24.3 Å². The summed E-state index contributed by atoms with van der Waals surface area (Å²) in [5, 5.41) is 0. The summed E-state index contributed by atoms with van der Waals surface area (Å²) in [6.45, 7) is 2.84. The van der Waals surface area contributed by atoms with Crippen LogP contribution in [0.3, 0.4) is 0 Å². The van der Waals surface area contributed by atoms with E-state index in [0.29, 0.717) is 11.6 Å². The van der Waals surface area contributed by atoms with Gasteiger partial charge in [0.1, 0.15) is 17.3 Å². The largest absolute Gasteiger partial charge is 0.492 e. The summed E-state index contributed by atoms with van der Waals surface area (Å²) in [5.74, 6) is 1.74. The highest BCUT2D eigenvalue weighted by Gasteiger charge is 2.18. The Labute approximate surface area is 120 Å². The molecule has 4 heteroatoms. The lowest BCUT2D eigenvalue weighted by Gasteiger charge is -2.30. The quantitative estimate of drug-likeness (QED) is 0.778. The minimum atomic E-state index is 0.410. The monoisotopic (exact) mass is 278 g/mol. The molecule has 0 aromatic heterocycles. The number of likely N-dealkylation sites (N-methyl/N-ethyl adjacent to an activating group) is 1. The Balaban J connectivity index is 1.72. The molecule has 3 nitrogen and oxygen atoms in total. The van der Waals surface area contributed by atoms with Crippen LogP contribution in [0.4, 0.5) is 0 Å². The average Bonchev–Trinajstić information content (AvgIpc) is 2.34. The van der Waals surface area contributed by atoms with Crippen LogP contribution in [0.5, 0.6) is 5.75 Å². The highest BCUT2D eigenvalue weighted by molar-refractivity contribution is 7.80. The molecule has 0 unspecified atom stereocenters. The minimum absolute atomic E-state index is 0.410. The fourth-order valence-electron chi connectivity index (χ4n) is 2.27. The Morgan fingerprint density at radius 1 is 1.47 bits per heavy atom. The molecule has 1 saturated carbocycles.